The molecule has 0 fully saturated rings. The normalized spacial score (nSPS) is 22.7. The first-order valence-corrected chi connectivity index (χ1v) is 23.1. The van der Waals surface area contributed by atoms with Crippen LogP contribution in [0.25, 0.3) is 0 Å². The monoisotopic (exact) mass is 384 g/mol. The van der Waals surface area contributed by atoms with Crippen molar-refractivity contribution in [3.05, 3.63) is 48.5 Å². The summed E-state index contributed by atoms with van der Waals surface area (Å²) in [6, 6.07) is 20.0. The third-order valence-corrected chi connectivity index (χ3v) is 43.4. The largest absolute Gasteiger partial charge is 0.0791 e. The predicted octanol–water partition coefficient (Wildman–Crippen LogP) is 3.22. The summed E-state index contributed by atoms with van der Waals surface area (Å²) in [6.45, 7) is 20.7. The molecule has 6 rings (SSSR count). The minimum absolute atomic E-state index is 1.48. The van der Waals surface area contributed by atoms with Crippen LogP contribution >= 0.6 is 0 Å². The highest BCUT2D eigenvalue weighted by Gasteiger charge is 2.47. The fourth-order valence-electron chi connectivity index (χ4n) is 4.05. The third-order valence-electron chi connectivity index (χ3n) is 7.78. The Balaban J connectivity index is 2.36. The van der Waals surface area contributed by atoms with Gasteiger partial charge in [0, 0.05) is 0 Å². The van der Waals surface area contributed by atoms with Crippen molar-refractivity contribution in [3.63, 3.8) is 0 Å². The first-order chi connectivity index (χ1) is 10.9. The summed E-state index contributed by atoms with van der Waals surface area (Å²) in [7, 11) is -5.92. The van der Waals surface area contributed by atoms with Crippen LogP contribution in [0.2, 0.25) is 52.4 Å². The molecule has 0 amide bonds. The van der Waals surface area contributed by atoms with Crippen molar-refractivity contribution in [1.82, 2.24) is 0 Å². The van der Waals surface area contributed by atoms with Gasteiger partial charge in [-0.2, -0.15) is 0 Å². The van der Waals surface area contributed by atoms with E-state index in [9.17, 15) is 0 Å². The maximum atomic E-state index is 2.59. The molecular weight excluding hydrogens is 353 g/mol. The van der Waals surface area contributed by atoms with Crippen LogP contribution in [0.15, 0.2) is 48.5 Å². The lowest BCUT2D eigenvalue weighted by Gasteiger charge is -2.43. The van der Waals surface area contributed by atoms with E-state index in [1.54, 1.807) is 20.7 Å². The Morgan fingerprint density at radius 1 is 0.333 bits per heavy atom. The Kier molecular flexibility index (Phi) is 4.07. The summed E-state index contributed by atoms with van der Waals surface area (Å²) in [5.74, 6) is 0. The second-order valence-electron chi connectivity index (χ2n) is 9.65. The molecule has 4 bridgehead atoms. The molecule has 0 aliphatic carbocycles. The number of hydrogen-bond acceptors (Lipinski definition) is 0. The van der Waals surface area contributed by atoms with Crippen LogP contribution in [0.3, 0.4) is 0 Å². The van der Waals surface area contributed by atoms with Gasteiger partial charge in [-0.1, -0.05) is 122 Å². The first-order valence-electron chi connectivity index (χ1n) is 9.14. The highest BCUT2D eigenvalue weighted by molar-refractivity contribution is 7.51. The fourth-order valence-corrected chi connectivity index (χ4v) is 21.6. The lowest BCUT2D eigenvalue weighted by atomic mass is 10.4. The van der Waals surface area contributed by atoms with Gasteiger partial charge in [-0.25, -0.2) is 0 Å². The topological polar surface area (TPSA) is 0 Å². The number of hydrogen-bond donors (Lipinski definition) is 0. The van der Waals surface area contributed by atoms with Crippen molar-refractivity contribution in [3.8, 4) is 0 Å². The molecule has 4 heteroatoms. The van der Waals surface area contributed by atoms with E-state index in [4.69, 9.17) is 0 Å². The van der Waals surface area contributed by atoms with Gasteiger partial charge in [0.05, 0.1) is 30.4 Å². The fraction of sp³-hybridized carbons (Fsp3) is 0.400. The zero-order chi connectivity index (χ0) is 18.0. The van der Waals surface area contributed by atoms with Gasteiger partial charge in [0.1, 0.15) is 0 Å². The summed E-state index contributed by atoms with van der Waals surface area (Å²) in [5.41, 5.74) is 0. The smallest absolute Gasteiger partial charge is 0.0671 e. The average Bonchev–Trinajstić information content (AvgIpc) is 2.54. The lowest BCUT2D eigenvalue weighted by molar-refractivity contribution is 1.66. The number of benzene rings is 2. The third kappa shape index (κ3) is 2.34. The maximum Gasteiger partial charge on any atom is 0.0791 e. The van der Waals surface area contributed by atoms with Gasteiger partial charge in [-0.05, 0) is 0 Å². The van der Waals surface area contributed by atoms with E-state index in [1.807, 2.05) is 0 Å². The second kappa shape index (κ2) is 5.40. The van der Waals surface area contributed by atoms with Crippen LogP contribution in [0.4, 0.5) is 0 Å². The van der Waals surface area contributed by atoms with Gasteiger partial charge in [0.15, 0.2) is 0 Å². The summed E-state index contributed by atoms with van der Waals surface area (Å²) in [5, 5.41) is 6.60. The molecule has 4 aliphatic rings. The summed E-state index contributed by atoms with van der Waals surface area (Å²) in [6.07, 6.45) is 0. The van der Waals surface area contributed by atoms with Gasteiger partial charge < -0.3 is 0 Å². The van der Waals surface area contributed by atoms with E-state index in [0.29, 0.717) is 0 Å². The molecule has 0 radical (unpaired) electrons. The van der Waals surface area contributed by atoms with E-state index in [-0.39, 0.29) is 0 Å². The molecule has 0 spiro atoms. The zero-order valence-electron chi connectivity index (χ0n) is 16.6. The Labute approximate surface area is 152 Å². The quantitative estimate of drug-likeness (QED) is 0.612. The minimum atomic E-state index is -1.48. The molecule has 4 heterocycles. The van der Waals surface area contributed by atoms with Crippen molar-refractivity contribution in [2.75, 3.05) is 0 Å². The highest BCUT2D eigenvalue weighted by atomic mass is 29.3. The van der Waals surface area contributed by atoms with Crippen molar-refractivity contribution < 1.29 is 0 Å². The van der Waals surface area contributed by atoms with Gasteiger partial charge >= 0.3 is 0 Å². The summed E-state index contributed by atoms with van der Waals surface area (Å²) in [4.78, 5) is 0. The van der Waals surface area contributed by atoms with E-state index < -0.39 is 30.4 Å². The highest BCUT2D eigenvalue weighted by Crippen LogP contribution is 2.23. The van der Waals surface area contributed by atoms with Crippen molar-refractivity contribution in [2.45, 2.75) is 52.4 Å². The molecular formula is C20H32Si4. The maximum absolute atomic E-state index is 2.59. The van der Waals surface area contributed by atoms with Crippen LogP contribution in [0.1, 0.15) is 0 Å². The summed E-state index contributed by atoms with van der Waals surface area (Å²) < 4.78 is 0. The van der Waals surface area contributed by atoms with Gasteiger partial charge in [-0.15, -0.1) is 0 Å². The first kappa shape index (κ1) is 18.1. The van der Waals surface area contributed by atoms with E-state index in [0.717, 1.165) is 0 Å². The number of rotatable bonds is 0. The standard InChI is InChI=1S/C20H32Si4/c1-21(2)17-9-11-19(12-10-17)23(5,6)24(7,8)20-15-13-18(14-16-20)22(21,3)4/h9-16H,1-8H3. The van der Waals surface area contributed by atoms with Crippen LogP contribution in [0.5, 0.6) is 0 Å². The molecule has 4 aliphatic heterocycles. The molecule has 0 atom stereocenters. The van der Waals surface area contributed by atoms with Gasteiger partial charge in [-0.3, -0.25) is 0 Å². The van der Waals surface area contributed by atoms with Crippen LogP contribution < -0.4 is 20.7 Å². The van der Waals surface area contributed by atoms with Crippen molar-refractivity contribution in [1.29, 1.82) is 0 Å². The van der Waals surface area contributed by atoms with E-state index in [2.05, 4.69) is 101 Å². The molecule has 24 heavy (non-hydrogen) atoms. The SMILES string of the molecule is C[Si]1(C)c2ccc(cc2)[Si](C)(C)[Si](C)(C)c2ccc(cc2)[Si]1(C)C. The Morgan fingerprint density at radius 3 is 0.583 bits per heavy atom. The summed E-state index contributed by atoms with van der Waals surface area (Å²) >= 11 is 0. The zero-order valence-corrected chi connectivity index (χ0v) is 20.6. The Bertz CT molecular complexity index is 620. The lowest BCUT2D eigenvalue weighted by Crippen LogP contribution is -2.72. The minimum Gasteiger partial charge on any atom is -0.0671 e. The van der Waals surface area contributed by atoms with E-state index >= 15 is 0 Å². The Morgan fingerprint density at radius 2 is 0.458 bits per heavy atom. The van der Waals surface area contributed by atoms with Crippen LogP contribution in [-0.2, 0) is 0 Å². The van der Waals surface area contributed by atoms with Crippen LogP contribution in [-0.4, -0.2) is 30.4 Å². The molecule has 2 aromatic rings. The van der Waals surface area contributed by atoms with E-state index in [1.165, 1.54) is 0 Å². The van der Waals surface area contributed by atoms with Crippen LogP contribution in [0, 0.1) is 0 Å². The molecule has 0 nitrogen and oxygen atoms in total. The predicted molar refractivity (Wildman–Crippen MR) is 121 cm³/mol. The molecule has 0 unspecified atom stereocenters. The average molecular weight is 385 g/mol. The molecule has 0 N–H and O–H groups in total. The van der Waals surface area contributed by atoms with Gasteiger partial charge in [0.25, 0.3) is 0 Å². The Hall–Kier alpha value is -0.692. The van der Waals surface area contributed by atoms with Crippen molar-refractivity contribution >= 4 is 51.1 Å². The molecule has 0 saturated carbocycles. The molecule has 2 aromatic carbocycles. The van der Waals surface area contributed by atoms with Gasteiger partial charge in [0.2, 0.25) is 0 Å². The molecule has 0 saturated heterocycles. The van der Waals surface area contributed by atoms with Crippen molar-refractivity contribution in [2.24, 2.45) is 0 Å². The second-order valence-corrected chi connectivity index (χ2v) is 40.0. The molecule has 0 aromatic heterocycles. The molecule has 128 valence electrons.